The Morgan fingerprint density at radius 2 is 2.08 bits per heavy atom. The molecule has 0 aliphatic heterocycles. The van der Waals surface area contributed by atoms with E-state index in [-0.39, 0.29) is 17.0 Å². The van der Waals surface area contributed by atoms with E-state index in [1.165, 1.54) is 0 Å². The van der Waals surface area contributed by atoms with Crippen LogP contribution >= 0.6 is 35.0 Å². The fourth-order valence-corrected chi connectivity index (χ4v) is 3.37. The molecule has 3 aromatic rings. The highest BCUT2D eigenvalue weighted by Gasteiger charge is 2.22. The van der Waals surface area contributed by atoms with E-state index in [0.29, 0.717) is 16.4 Å². The van der Waals surface area contributed by atoms with Crippen molar-refractivity contribution < 1.29 is 4.79 Å². The van der Waals surface area contributed by atoms with Gasteiger partial charge in [0.25, 0.3) is 5.91 Å². The second kappa shape index (κ2) is 8.08. The van der Waals surface area contributed by atoms with Crippen molar-refractivity contribution in [2.24, 2.45) is 0 Å². The number of amides is 1. The minimum Gasteiger partial charge on any atom is -0.342 e. The molecular formula is C17H16Cl2N4OS. The van der Waals surface area contributed by atoms with Gasteiger partial charge in [-0.25, -0.2) is 0 Å². The lowest BCUT2D eigenvalue weighted by Crippen LogP contribution is -2.30. The number of benzene rings is 1. The smallest absolute Gasteiger partial charge is 0.253 e. The van der Waals surface area contributed by atoms with Crippen molar-refractivity contribution in [2.75, 3.05) is 12.0 Å². The number of pyridine rings is 1. The summed E-state index contributed by atoms with van der Waals surface area (Å²) in [6, 6.07) is 10.4. The number of aromatic nitrogens is 3. The van der Waals surface area contributed by atoms with E-state index in [2.05, 4.69) is 15.5 Å². The molecule has 0 aliphatic carbocycles. The number of thioether (sulfide) groups is 1. The molecule has 0 radical (unpaired) electrons. The highest BCUT2D eigenvalue weighted by Crippen LogP contribution is 2.26. The highest BCUT2D eigenvalue weighted by molar-refractivity contribution is 7.98. The van der Waals surface area contributed by atoms with Crippen molar-refractivity contribution in [3.63, 3.8) is 0 Å². The van der Waals surface area contributed by atoms with Crippen LogP contribution in [0.4, 0.5) is 0 Å². The zero-order valence-electron chi connectivity index (χ0n) is 13.4. The van der Waals surface area contributed by atoms with Crippen LogP contribution in [-0.4, -0.2) is 32.5 Å². The van der Waals surface area contributed by atoms with Crippen LogP contribution in [0.25, 0.3) is 5.65 Å². The van der Waals surface area contributed by atoms with Crippen LogP contribution in [0.15, 0.2) is 42.6 Å². The molecule has 0 bridgehead atoms. The van der Waals surface area contributed by atoms with Crippen LogP contribution in [-0.2, 0) is 0 Å². The monoisotopic (exact) mass is 394 g/mol. The summed E-state index contributed by atoms with van der Waals surface area (Å²) in [5, 5.41) is 12.0. The van der Waals surface area contributed by atoms with Gasteiger partial charge in [0.05, 0.1) is 21.7 Å². The lowest BCUT2D eigenvalue weighted by Gasteiger charge is -2.17. The zero-order valence-corrected chi connectivity index (χ0v) is 15.8. The Bertz CT molecular complexity index is 899. The van der Waals surface area contributed by atoms with Crippen molar-refractivity contribution in [3.05, 3.63) is 64.0 Å². The molecule has 0 spiro atoms. The molecule has 2 heterocycles. The standard InChI is InChI=1S/C17H16Cl2N4OS/c1-25-10-8-13(16-22-21-14-7-2-3-9-23(14)16)20-17(24)11-5-4-6-12(18)15(11)19/h2-7,9,13H,8,10H2,1H3,(H,20,24). The van der Waals surface area contributed by atoms with E-state index in [0.717, 1.165) is 17.8 Å². The minimum atomic E-state index is -0.286. The highest BCUT2D eigenvalue weighted by atomic mass is 35.5. The van der Waals surface area contributed by atoms with Gasteiger partial charge < -0.3 is 5.32 Å². The Kier molecular flexibility index (Phi) is 5.83. The van der Waals surface area contributed by atoms with E-state index in [1.807, 2.05) is 35.1 Å². The molecule has 1 amide bonds. The van der Waals surface area contributed by atoms with Crippen LogP contribution in [0, 0.1) is 0 Å². The first-order valence-corrected chi connectivity index (χ1v) is 9.80. The number of fused-ring (bicyclic) bond motifs is 1. The Hall–Kier alpha value is -1.76. The first kappa shape index (κ1) is 18.0. The van der Waals surface area contributed by atoms with Crippen LogP contribution in [0.1, 0.15) is 28.6 Å². The fourth-order valence-electron chi connectivity index (χ4n) is 2.51. The maximum absolute atomic E-state index is 12.7. The van der Waals surface area contributed by atoms with Crippen molar-refractivity contribution in [2.45, 2.75) is 12.5 Å². The van der Waals surface area contributed by atoms with E-state index in [9.17, 15) is 4.79 Å². The molecule has 1 aromatic carbocycles. The van der Waals surface area contributed by atoms with Gasteiger partial charge in [0, 0.05) is 6.20 Å². The average molecular weight is 395 g/mol. The average Bonchev–Trinajstić information content (AvgIpc) is 3.05. The molecule has 2 aromatic heterocycles. The molecule has 25 heavy (non-hydrogen) atoms. The predicted octanol–water partition coefficient (Wildman–Crippen LogP) is 4.26. The number of hydrogen-bond acceptors (Lipinski definition) is 4. The molecule has 1 atom stereocenters. The third-order valence-electron chi connectivity index (χ3n) is 3.76. The maximum Gasteiger partial charge on any atom is 0.253 e. The number of nitrogens with one attached hydrogen (secondary N) is 1. The number of nitrogens with zero attached hydrogens (tertiary/aromatic N) is 3. The second-order valence-electron chi connectivity index (χ2n) is 5.40. The molecule has 130 valence electrons. The van der Waals surface area contributed by atoms with E-state index >= 15 is 0 Å². The lowest BCUT2D eigenvalue weighted by molar-refractivity contribution is 0.0934. The Morgan fingerprint density at radius 1 is 1.24 bits per heavy atom. The second-order valence-corrected chi connectivity index (χ2v) is 7.17. The number of carbonyl (C=O) groups is 1. The molecule has 1 unspecified atom stereocenters. The Labute approximate surface area is 159 Å². The van der Waals surface area contributed by atoms with Gasteiger partial charge in [-0.05, 0) is 42.7 Å². The van der Waals surface area contributed by atoms with Crippen LogP contribution < -0.4 is 5.32 Å². The van der Waals surface area contributed by atoms with Gasteiger partial charge in [-0.15, -0.1) is 10.2 Å². The number of carbonyl (C=O) groups excluding carboxylic acids is 1. The third-order valence-corrected chi connectivity index (χ3v) is 5.23. The van der Waals surface area contributed by atoms with Crippen molar-refractivity contribution in [3.8, 4) is 0 Å². The van der Waals surface area contributed by atoms with E-state index in [1.54, 1.807) is 30.0 Å². The summed E-state index contributed by atoms with van der Waals surface area (Å²) in [6.07, 6.45) is 4.63. The summed E-state index contributed by atoms with van der Waals surface area (Å²) in [5.41, 5.74) is 1.08. The normalized spacial score (nSPS) is 12.3. The first-order chi connectivity index (χ1) is 12.1. The quantitative estimate of drug-likeness (QED) is 0.678. The summed E-state index contributed by atoms with van der Waals surface area (Å²) in [4.78, 5) is 12.7. The Morgan fingerprint density at radius 3 is 2.88 bits per heavy atom. The third kappa shape index (κ3) is 3.92. The van der Waals surface area contributed by atoms with Crippen molar-refractivity contribution >= 4 is 46.5 Å². The summed E-state index contributed by atoms with van der Waals surface area (Å²) < 4.78 is 1.88. The summed E-state index contributed by atoms with van der Waals surface area (Å²) in [7, 11) is 0. The number of halogens is 2. The molecule has 1 N–H and O–H groups in total. The molecule has 0 aliphatic rings. The lowest BCUT2D eigenvalue weighted by atomic mass is 10.1. The molecule has 0 saturated heterocycles. The zero-order chi connectivity index (χ0) is 17.8. The van der Waals surface area contributed by atoms with Crippen molar-refractivity contribution in [1.29, 1.82) is 0 Å². The van der Waals surface area contributed by atoms with Gasteiger partial charge in [-0.3, -0.25) is 9.20 Å². The van der Waals surface area contributed by atoms with Crippen LogP contribution in [0.2, 0.25) is 10.0 Å². The fraction of sp³-hybridized carbons (Fsp3) is 0.235. The molecule has 8 heteroatoms. The molecule has 3 rings (SSSR count). The molecule has 5 nitrogen and oxygen atoms in total. The SMILES string of the molecule is CSCCC(NC(=O)c1cccc(Cl)c1Cl)c1nnc2ccccn12. The number of rotatable bonds is 6. The summed E-state index contributed by atoms with van der Waals surface area (Å²) in [6.45, 7) is 0. The van der Waals surface area contributed by atoms with Gasteiger partial charge in [0.2, 0.25) is 0 Å². The molecule has 0 fully saturated rings. The minimum absolute atomic E-state index is 0.247. The van der Waals surface area contributed by atoms with Crippen LogP contribution in [0.3, 0.4) is 0 Å². The van der Waals surface area contributed by atoms with Gasteiger partial charge in [-0.1, -0.05) is 35.3 Å². The topological polar surface area (TPSA) is 59.3 Å². The molecular weight excluding hydrogens is 379 g/mol. The first-order valence-electron chi connectivity index (χ1n) is 7.65. The Balaban J connectivity index is 1.91. The van der Waals surface area contributed by atoms with E-state index in [4.69, 9.17) is 23.2 Å². The predicted molar refractivity (Wildman–Crippen MR) is 103 cm³/mol. The van der Waals surface area contributed by atoms with Gasteiger partial charge in [-0.2, -0.15) is 11.8 Å². The van der Waals surface area contributed by atoms with E-state index < -0.39 is 0 Å². The van der Waals surface area contributed by atoms with Gasteiger partial charge in [0.15, 0.2) is 11.5 Å². The maximum atomic E-state index is 12.7. The summed E-state index contributed by atoms with van der Waals surface area (Å²) >= 11 is 13.9. The van der Waals surface area contributed by atoms with Gasteiger partial charge in [0.1, 0.15) is 0 Å². The van der Waals surface area contributed by atoms with Crippen molar-refractivity contribution in [1.82, 2.24) is 19.9 Å². The largest absolute Gasteiger partial charge is 0.342 e. The van der Waals surface area contributed by atoms with Crippen LogP contribution in [0.5, 0.6) is 0 Å². The van der Waals surface area contributed by atoms with Gasteiger partial charge >= 0.3 is 0 Å². The summed E-state index contributed by atoms with van der Waals surface area (Å²) in [5.74, 6) is 1.28. The molecule has 0 saturated carbocycles. The number of hydrogen-bond donors (Lipinski definition) is 1.